The summed E-state index contributed by atoms with van der Waals surface area (Å²) in [6.07, 6.45) is 2.36. The van der Waals surface area contributed by atoms with Crippen molar-refractivity contribution in [3.63, 3.8) is 0 Å². The zero-order chi connectivity index (χ0) is 12.7. The number of hydrogen-bond donors (Lipinski definition) is 0. The van der Waals surface area contributed by atoms with E-state index in [1.165, 1.54) is 18.3 Å². The summed E-state index contributed by atoms with van der Waals surface area (Å²) in [6.45, 7) is 3.26. The summed E-state index contributed by atoms with van der Waals surface area (Å²) >= 11 is 0. The van der Waals surface area contributed by atoms with Gasteiger partial charge in [0.15, 0.2) is 0 Å². The van der Waals surface area contributed by atoms with E-state index in [9.17, 15) is 8.42 Å². The smallest absolute Gasteiger partial charge is 0.266 e. The highest BCUT2D eigenvalue weighted by atomic mass is 35.7. The molecule has 0 unspecified atom stereocenters. The second-order valence-electron chi connectivity index (χ2n) is 3.21. The molecular weight excluding hydrogens is 266 g/mol. The first-order valence-electron chi connectivity index (χ1n) is 5.16. The van der Waals surface area contributed by atoms with Crippen molar-refractivity contribution in [2.75, 3.05) is 19.8 Å². The van der Waals surface area contributed by atoms with Gasteiger partial charge >= 0.3 is 0 Å². The van der Waals surface area contributed by atoms with Gasteiger partial charge in [-0.15, -0.1) is 0 Å². The van der Waals surface area contributed by atoms with Crippen molar-refractivity contribution in [2.24, 2.45) is 0 Å². The fourth-order valence-electron chi connectivity index (χ4n) is 1.11. The average molecular weight is 280 g/mol. The minimum absolute atomic E-state index is 0.00241. The van der Waals surface area contributed by atoms with Crippen LogP contribution >= 0.6 is 10.7 Å². The monoisotopic (exact) mass is 279 g/mol. The highest BCUT2D eigenvalue weighted by molar-refractivity contribution is 8.13. The van der Waals surface area contributed by atoms with E-state index in [2.05, 4.69) is 4.98 Å². The molecule has 0 radical (unpaired) electrons. The van der Waals surface area contributed by atoms with Gasteiger partial charge in [0.2, 0.25) is 5.88 Å². The van der Waals surface area contributed by atoms with Crippen molar-refractivity contribution >= 4 is 19.7 Å². The Morgan fingerprint density at radius 1 is 1.35 bits per heavy atom. The standard InChI is InChI=1S/C10H14ClNO4S/c1-2-6-15-7-8-16-10-9(17(11,13)14)4-3-5-12-10/h3-5H,2,6-8H2,1H3. The first kappa shape index (κ1) is 14.2. The van der Waals surface area contributed by atoms with Crippen LogP contribution in [0.5, 0.6) is 5.88 Å². The number of aromatic nitrogens is 1. The lowest BCUT2D eigenvalue weighted by molar-refractivity contribution is 0.0979. The molecule has 0 bridgehead atoms. The zero-order valence-electron chi connectivity index (χ0n) is 9.43. The van der Waals surface area contributed by atoms with Crippen LogP contribution in [0.2, 0.25) is 0 Å². The summed E-state index contributed by atoms with van der Waals surface area (Å²) in [5, 5.41) is 0. The summed E-state index contributed by atoms with van der Waals surface area (Å²) < 4.78 is 32.8. The summed E-state index contributed by atoms with van der Waals surface area (Å²) in [4.78, 5) is 3.69. The fourth-order valence-corrected chi connectivity index (χ4v) is 2.03. The molecule has 0 fully saturated rings. The average Bonchev–Trinajstić information content (AvgIpc) is 2.28. The van der Waals surface area contributed by atoms with E-state index >= 15 is 0 Å². The number of rotatable bonds is 7. The molecule has 0 aromatic carbocycles. The maximum atomic E-state index is 11.2. The Kier molecular flexibility index (Phi) is 5.67. The molecule has 0 aliphatic heterocycles. The highest BCUT2D eigenvalue weighted by Gasteiger charge is 2.17. The quantitative estimate of drug-likeness (QED) is 0.563. The molecule has 0 atom stereocenters. The van der Waals surface area contributed by atoms with E-state index < -0.39 is 9.05 Å². The van der Waals surface area contributed by atoms with Crippen molar-refractivity contribution < 1.29 is 17.9 Å². The van der Waals surface area contributed by atoms with Crippen molar-refractivity contribution in [2.45, 2.75) is 18.2 Å². The second-order valence-corrected chi connectivity index (χ2v) is 5.74. The molecule has 5 nitrogen and oxygen atoms in total. The van der Waals surface area contributed by atoms with Crippen LogP contribution in [0.25, 0.3) is 0 Å². The summed E-state index contributed by atoms with van der Waals surface area (Å²) in [7, 11) is 1.41. The van der Waals surface area contributed by atoms with Crippen LogP contribution in [-0.2, 0) is 13.8 Å². The number of pyridine rings is 1. The predicted molar refractivity (Wildman–Crippen MR) is 63.9 cm³/mol. The lowest BCUT2D eigenvalue weighted by Crippen LogP contribution is -2.09. The van der Waals surface area contributed by atoms with E-state index in [0.717, 1.165) is 6.42 Å². The Hall–Kier alpha value is -0.850. The van der Waals surface area contributed by atoms with E-state index in [0.29, 0.717) is 13.2 Å². The van der Waals surface area contributed by atoms with Crippen LogP contribution in [0, 0.1) is 0 Å². The van der Waals surface area contributed by atoms with Crippen LogP contribution in [0.3, 0.4) is 0 Å². The number of halogens is 1. The molecule has 0 saturated heterocycles. The normalized spacial score (nSPS) is 11.4. The third kappa shape index (κ3) is 4.89. The van der Waals surface area contributed by atoms with Crippen molar-refractivity contribution in [3.8, 4) is 5.88 Å². The van der Waals surface area contributed by atoms with Gasteiger partial charge in [-0.1, -0.05) is 6.92 Å². The summed E-state index contributed by atoms with van der Waals surface area (Å²) in [5.74, 6) is 0.00241. The summed E-state index contributed by atoms with van der Waals surface area (Å²) in [6, 6.07) is 2.83. The van der Waals surface area contributed by atoms with Gasteiger partial charge in [-0.05, 0) is 18.6 Å². The molecule has 0 saturated carbocycles. The number of nitrogens with zero attached hydrogens (tertiary/aromatic N) is 1. The van der Waals surface area contributed by atoms with E-state index in [4.69, 9.17) is 20.2 Å². The van der Waals surface area contributed by atoms with Crippen LogP contribution in [0.15, 0.2) is 23.2 Å². The third-order valence-corrected chi connectivity index (χ3v) is 3.15. The van der Waals surface area contributed by atoms with Gasteiger partial charge in [0, 0.05) is 23.5 Å². The van der Waals surface area contributed by atoms with Gasteiger partial charge in [-0.25, -0.2) is 13.4 Å². The first-order valence-corrected chi connectivity index (χ1v) is 7.47. The Labute approximate surface area is 105 Å². The van der Waals surface area contributed by atoms with Crippen LogP contribution in [0.1, 0.15) is 13.3 Å². The molecule has 17 heavy (non-hydrogen) atoms. The molecule has 0 amide bonds. The fraction of sp³-hybridized carbons (Fsp3) is 0.500. The second kappa shape index (κ2) is 6.78. The van der Waals surface area contributed by atoms with Crippen LogP contribution in [-0.4, -0.2) is 33.2 Å². The van der Waals surface area contributed by atoms with Gasteiger partial charge in [-0.3, -0.25) is 0 Å². The molecule has 0 N–H and O–H groups in total. The van der Waals surface area contributed by atoms with E-state index in [1.54, 1.807) is 0 Å². The first-order chi connectivity index (χ1) is 8.05. The largest absolute Gasteiger partial charge is 0.474 e. The molecule has 1 aromatic rings. The van der Waals surface area contributed by atoms with E-state index in [-0.39, 0.29) is 17.4 Å². The van der Waals surface area contributed by atoms with Gasteiger partial charge in [-0.2, -0.15) is 0 Å². The minimum Gasteiger partial charge on any atom is -0.474 e. The molecule has 1 heterocycles. The Morgan fingerprint density at radius 2 is 2.12 bits per heavy atom. The molecule has 96 valence electrons. The number of ether oxygens (including phenoxy) is 2. The molecule has 0 aliphatic rings. The van der Waals surface area contributed by atoms with Gasteiger partial charge in [0.05, 0.1) is 6.61 Å². The Bertz CT molecular complexity index is 449. The molecule has 1 rings (SSSR count). The Balaban J connectivity index is 2.59. The van der Waals surface area contributed by atoms with Gasteiger partial charge in [0.1, 0.15) is 11.5 Å². The highest BCUT2D eigenvalue weighted by Crippen LogP contribution is 2.23. The Morgan fingerprint density at radius 3 is 2.76 bits per heavy atom. The van der Waals surface area contributed by atoms with Crippen molar-refractivity contribution in [1.82, 2.24) is 4.98 Å². The predicted octanol–water partition coefficient (Wildman–Crippen LogP) is 1.81. The number of hydrogen-bond acceptors (Lipinski definition) is 5. The molecule has 7 heteroatoms. The van der Waals surface area contributed by atoms with Gasteiger partial charge in [0.25, 0.3) is 9.05 Å². The molecular formula is C10H14ClNO4S. The maximum Gasteiger partial charge on any atom is 0.266 e. The molecule has 0 spiro atoms. The van der Waals surface area contributed by atoms with E-state index in [1.807, 2.05) is 6.92 Å². The SMILES string of the molecule is CCCOCCOc1ncccc1S(=O)(=O)Cl. The third-order valence-electron chi connectivity index (χ3n) is 1.81. The topological polar surface area (TPSA) is 65.5 Å². The van der Waals surface area contributed by atoms with Crippen molar-refractivity contribution in [1.29, 1.82) is 0 Å². The molecule has 0 aliphatic carbocycles. The minimum atomic E-state index is -3.84. The molecule has 1 aromatic heterocycles. The van der Waals surface area contributed by atoms with Crippen LogP contribution in [0.4, 0.5) is 0 Å². The van der Waals surface area contributed by atoms with Crippen molar-refractivity contribution in [3.05, 3.63) is 18.3 Å². The lowest BCUT2D eigenvalue weighted by atomic mass is 10.5. The van der Waals surface area contributed by atoms with Gasteiger partial charge < -0.3 is 9.47 Å². The maximum absolute atomic E-state index is 11.2. The summed E-state index contributed by atoms with van der Waals surface area (Å²) in [5.41, 5.74) is 0. The zero-order valence-corrected chi connectivity index (χ0v) is 11.0. The van der Waals surface area contributed by atoms with Crippen LogP contribution < -0.4 is 4.74 Å². The lowest BCUT2D eigenvalue weighted by Gasteiger charge is -2.08.